The highest BCUT2D eigenvalue weighted by molar-refractivity contribution is 7.99. The van der Waals surface area contributed by atoms with E-state index < -0.39 is 0 Å². The van der Waals surface area contributed by atoms with Gasteiger partial charge in [-0.2, -0.15) is 5.10 Å². The summed E-state index contributed by atoms with van der Waals surface area (Å²) in [5.41, 5.74) is 3.97. The fourth-order valence-electron chi connectivity index (χ4n) is 3.45. The van der Waals surface area contributed by atoms with Gasteiger partial charge in [0.05, 0.1) is 22.4 Å². The Labute approximate surface area is 193 Å². The summed E-state index contributed by atoms with van der Waals surface area (Å²) >= 11 is 2.85. The Morgan fingerprint density at radius 2 is 1.97 bits per heavy atom. The van der Waals surface area contributed by atoms with Crippen molar-refractivity contribution in [1.82, 2.24) is 20.2 Å². The minimum Gasteiger partial charge on any atom is -0.411 e. The number of hydrogen-bond acceptors (Lipinski definition) is 8. The molecule has 1 aromatic carbocycles. The maximum atomic E-state index is 13.2. The maximum absolute atomic E-state index is 13.2. The van der Waals surface area contributed by atoms with Gasteiger partial charge in [0.25, 0.3) is 11.1 Å². The van der Waals surface area contributed by atoms with Crippen molar-refractivity contribution in [2.75, 3.05) is 5.75 Å². The molecule has 0 N–H and O–H groups in total. The van der Waals surface area contributed by atoms with Gasteiger partial charge < -0.3 is 4.42 Å². The van der Waals surface area contributed by atoms with E-state index in [2.05, 4.69) is 46.4 Å². The minimum atomic E-state index is -0.129. The molecule has 160 valence electrons. The SMILES string of the molecule is Cc1ccc([C@@H]2CC(c3cccs3)=NN2C(=O)CSc2nnc(-c3ccncc3)o2)cc1. The van der Waals surface area contributed by atoms with Gasteiger partial charge >= 0.3 is 0 Å². The van der Waals surface area contributed by atoms with Crippen molar-refractivity contribution < 1.29 is 9.21 Å². The molecule has 0 saturated carbocycles. The molecule has 5 rings (SSSR count). The van der Waals surface area contributed by atoms with Gasteiger partial charge in [-0.05, 0) is 36.1 Å². The highest BCUT2D eigenvalue weighted by atomic mass is 32.2. The first-order valence-corrected chi connectivity index (χ1v) is 11.9. The van der Waals surface area contributed by atoms with E-state index in [-0.39, 0.29) is 17.7 Å². The van der Waals surface area contributed by atoms with Crippen LogP contribution >= 0.6 is 23.1 Å². The van der Waals surface area contributed by atoms with Crippen LogP contribution in [0.1, 0.15) is 28.5 Å². The van der Waals surface area contributed by atoms with Crippen LogP contribution in [0.4, 0.5) is 0 Å². The van der Waals surface area contributed by atoms with E-state index in [0.29, 0.717) is 17.5 Å². The second-order valence-electron chi connectivity index (χ2n) is 7.29. The zero-order valence-corrected chi connectivity index (χ0v) is 18.8. The van der Waals surface area contributed by atoms with E-state index in [0.717, 1.165) is 21.7 Å². The molecule has 0 aliphatic carbocycles. The summed E-state index contributed by atoms with van der Waals surface area (Å²) in [6.45, 7) is 2.05. The third-order valence-corrected chi connectivity index (χ3v) is 6.81. The van der Waals surface area contributed by atoms with Gasteiger partial charge in [-0.25, -0.2) is 5.01 Å². The molecule has 9 heteroatoms. The lowest BCUT2D eigenvalue weighted by molar-refractivity contribution is -0.130. The Bertz CT molecular complexity index is 1240. The molecule has 1 amide bonds. The Balaban J connectivity index is 1.33. The summed E-state index contributed by atoms with van der Waals surface area (Å²) in [7, 11) is 0. The summed E-state index contributed by atoms with van der Waals surface area (Å²) in [6, 6.07) is 15.8. The second-order valence-corrected chi connectivity index (χ2v) is 9.16. The maximum Gasteiger partial charge on any atom is 0.277 e. The standard InChI is InChI=1S/C23H19N5O2S2/c1-15-4-6-16(7-5-15)19-13-18(20-3-2-12-31-20)27-28(19)21(29)14-32-23-26-25-22(30-23)17-8-10-24-11-9-17/h2-12,19H,13-14H2,1H3/t19-/m0/s1. The highest BCUT2D eigenvalue weighted by Gasteiger charge is 2.33. The van der Waals surface area contributed by atoms with Crippen molar-refractivity contribution in [2.45, 2.75) is 24.6 Å². The summed E-state index contributed by atoms with van der Waals surface area (Å²) in [5.74, 6) is 0.455. The van der Waals surface area contributed by atoms with Crippen molar-refractivity contribution in [3.05, 3.63) is 82.3 Å². The van der Waals surface area contributed by atoms with Gasteiger partial charge in [-0.3, -0.25) is 9.78 Å². The number of thioether (sulfide) groups is 1. The molecule has 7 nitrogen and oxygen atoms in total. The third kappa shape index (κ3) is 4.35. The van der Waals surface area contributed by atoms with Crippen LogP contribution in [0.25, 0.3) is 11.5 Å². The van der Waals surface area contributed by atoms with Crippen LogP contribution in [0.3, 0.4) is 0 Å². The molecule has 3 aromatic heterocycles. The molecule has 1 aliphatic rings. The first-order valence-electron chi connectivity index (χ1n) is 10.0. The number of rotatable bonds is 6. The predicted molar refractivity (Wildman–Crippen MR) is 124 cm³/mol. The number of pyridine rings is 1. The number of nitrogens with zero attached hydrogens (tertiary/aromatic N) is 5. The number of aryl methyl sites for hydroxylation is 1. The van der Waals surface area contributed by atoms with Crippen LogP contribution in [-0.2, 0) is 4.79 Å². The predicted octanol–water partition coefficient (Wildman–Crippen LogP) is 4.97. The number of carbonyl (C=O) groups excluding carboxylic acids is 1. The third-order valence-electron chi connectivity index (χ3n) is 5.09. The van der Waals surface area contributed by atoms with Crippen LogP contribution in [0.15, 0.2) is 81.0 Å². The number of aromatic nitrogens is 3. The number of hydrogen-bond donors (Lipinski definition) is 0. The topological polar surface area (TPSA) is 84.5 Å². The zero-order valence-electron chi connectivity index (χ0n) is 17.2. The van der Waals surface area contributed by atoms with Crippen LogP contribution < -0.4 is 0 Å². The summed E-state index contributed by atoms with van der Waals surface area (Å²) in [4.78, 5) is 18.2. The van der Waals surface area contributed by atoms with Crippen LogP contribution in [-0.4, -0.2) is 37.6 Å². The van der Waals surface area contributed by atoms with Gasteiger partial charge in [0.15, 0.2) is 0 Å². The molecule has 4 heterocycles. The molecule has 1 atom stereocenters. The lowest BCUT2D eigenvalue weighted by atomic mass is 10.00. The van der Waals surface area contributed by atoms with Crippen molar-refractivity contribution in [1.29, 1.82) is 0 Å². The van der Waals surface area contributed by atoms with E-state index in [1.54, 1.807) is 40.9 Å². The molecule has 4 aromatic rings. The van der Waals surface area contributed by atoms with E-state index in [4.69, 9.17) is 9.52 Å². The number of amides is 1. The lowest BCUT2D eigenvalue weighted by Crippen LogP contribution is -2.28. The Hall–Kier alpha value is -3.30. The van der Waals surface area contributed by atoms with Gasteiger partial charge in [0.1, 0.15) is 0 Å². The highest BCUT2D eigenvalue weighted by Crippen LogP contribution is 2.35. The van der Waals surface area contributed by atoms with E-state index in [1.807, 2.05) is 17.5 Å². The van der Waals surface area contributed by atoms with Crippen molar-refractivity contribution in [3.8, 4) is 11.5 Å². The molecule has 0 fully saturated rings. The number of benzene rings is 1. The number of thiophene rings is 1. The molecule has 1 aliphatic heterocycles. The average molecular weight is 462 g/mol. The van der Waals surface area contributed by atoms with Gasteiger partial charge in [-0.15, -0.1) is 21.5 Å². The minimum absolute atomic E-state index is 0.101. The fraction of sp³-hybridized carbons (Fsp3) is 0.174. The average Bonchev–Trinajstić information content (AvgIpc) is 3.59. The summed E-state index contributed by atoms with van der Waals surface area (Å²) in [5, 5.41) is 16.8. The molecule has 0 saturated heterocycles. The smallest absolute Gasteiger partial charge is 0.277 e. The van der Waals surface area contributed by atoms with Crippen LogP contribution in [0.5, 0.6) is 0 Å². The first-order chi connectivity index (χ1) is 15.7. The monoisotopic (exact) mass is 461 g/mol. The van der Waals surface area contributed by atoms with Crippen LogP contribution in [0, 0.1) is 6.92 Å². The summed E-state index contributed by atoms with van der Waals surface area (Å²) in [6.07, 6.45) is 4.02. The van der Waals surface area contributed by atoms with E-state index in [1.165, 1.54) is 17.3 Å². The normalized spacial score (nSPS) is 15.7. The molecular weight excluding hydrogens is 442 g/mol. The van der Waals surface area contributed by atoms with Crippen molar-refractivity contribution in [2.24, 2.45) is 5.10 Å². The van der Waals surface area contributed by atoms with Gasteiger partial charge in [-0.1, -0.05) is 47.7 Å². The Kier molecular flexibility index (Phi) is 5.83. The summed E-state index contributed by atoms with van der Waals surface area (Å²) < 4.78 is 5.70. The number of hydrazone groups is 1. The number of carbonyl (C=O) groups is 1. The first kappa shape index (κ1) is 20.6. The van der Waals surface area contributed by atoms with Crippen molar-refractivity contribution >= 4 is 34.7 Å². The van der Waals surface area contributed by atoms with E-state index >= 15 is 0 Å². The van der Waals surface area contributed by atoms with Gasteiger partial charge in [0, 0.05) is 24.4 Å². The quantitative estimate of drug-likeness (QED) is 0.377. The molecule has 32 heavy (non-hydrogen) atoms. The Morgan fingerprint density at radius 1 is 1.16 bits per heavy atom. The Morgan fingerprint density at radius 3 is 2.72 bits per heavy atom. The largest absolute Gasteiger partial charge is 0.411 e. The fourth-order valence-corrected chi connectivity index (χ4v) is 4.79. The van der Waals surface area contributed by atoms with Crippen molar-refractivity contribution in [3.63, 3.8) is 0 Å². The van der Waals surface area contributed by atoms with Crippen LogP contribution in [0.2, 0.25) is 0 Å². The molecule has 0 bridgehead atoms. The molecular formula is C23H19N5O2S2. The van der Waals surface area contributed by atoms with E-state index in [9.17, 15) is 4.79 Å². The second kappa shape index (κ2) is 9.05. The lowest BCUT2D eigenvalue weighted by Gasteiger charge is -2.21. The molecule has 0 unspecified atom stereocenters. The zero-order chi connectivity index (χ0) is 21.9. The van der Waals surface area contributed by atoms with Gasteiger partial charge in [0.2, 0.25) is 5.89 Å². The molecule has 0 spiro atoms. The molecule has 0 radical (unpaired) electrons.